The number of unbranched alkanes of at least 4 members (excludes halogenated alkanes) is 4. The molecule has 0 unspecified atom stereocenters. The molecule has 0 radical (unpaired) electrons. The summed E-state index contributed by atoms with van der Waals surface area (Å²) in [5.41, 5.74) is 0.802. The number of rotatable bonds is 7. The molecule has 0 fully saturated rings. The standard InChI is InChI=1S/C14H20O3.Na/c1-2-3-4-5-6-7-11-8-9-12(14(16)17)10-13(11)15;/h8-10,15H,2-7H2,1H3,(H,16,17);/q;+1/p-1. The van der Waals surface area contributed by atoms with Gasteiger partial charge in [0.2, 0.25) is 0 Å². The second-order valence-electron chi connectivity index (χ2n) is 4.29. The molecule has 0 atom stereocenters. The van der Waals surface area contributed by atoms with Crippen LogP contribution in [0.1, 0.15) is 54.9 Å². The van der Waals surface area contributed by atoms with Gasteiger partial charge in [-0.15, -0.1) is 5.75 Å². The van der Waals surface area contributed by atoms with E-state index in [0.717, 1.165) is 24.8 Å². The van der Waals surface area contributed by atoms with Crippen molar-refractivity contribution >= 4 is 5.97 Å². The average Bonchev–Trinajstić information content (AvgIpc) is 2.30. The third-order valence-electron chi connectivity index (χ3n) is 2.86. The Balaban J connectivity index is 0.00000289. The minimum absolute atomic E-state index is 0. The van der Waals surface area contributed by atoms with Crippen molar-refractivity contribution < 1.29 is 44.6 Å². The quantitative estimate of drug-likeness (QED) is 0.552. The predicted octanol–water partition coefficient (Wildman–Crippen LogP) is -0.0247. The number of carbonyl (C=O) groups is 1. The Labute approximate surface area is 131 Å². The Morgan fingerprint density at radius 1 is 1.22 bits per heavy atom. The monoisotopic (exact) mass is 258 g/mol. The van der Waals surface area contributed by atoms with Crippen LogP contribution in [0.3, 0.4) is 0 Å². The summed E-state index contributed by atoms with van der Waals surface area (Å²) in [5.74, 6) is -1.20. The first kappa shape index (κ1) is 17.5. The molecule has 0 amide bonds. The summed E-state index contributed by atoms with van der Waals surface area (Å²) in [5, 5.41) is 20.3. The van der Waals surface area contributed by atoms with Crippen LogP contribution < -0.4 is 34.7 Å². The summed E-state index contributed by atoms with van der Waals surface area (Å²) in [7, 11) is 0. The van der Waals surface area contributed by atoms with Gasteiger partial charge in [0.1, 0.15) is 0 Å². The summed E-state index contributed by atoms with van der Waals surface area (Å²) in [6.07, 6.45) is 6.54. The molecule has 18 heavy (non-hydrogen) atoms. The summed E-state index contributed by atoms with van der Waals surface area (Å²) in [4.78, 5) is 10.7. The van der Waals surface area contributed by atoms with Crippen LogP contribution >= 0.6 is 0 Å². The fraction of sp³-hybridized carbons (Fsp3) is 0.500. The zero-order chi connectivity index (χ0) is 12.7. The smallest absolute Gasteiger partial charge is 0.872 e. The topological polar surface area (TPSA) is 60.4 Å². The SMILES string of the molecule is CCCCCCCc1ccc(C(=O)O)cc1[O-].[Na+]. The molecule has 0 bridgehead atoms. The van der Waals surface area contributed by atoms with Gasteiger partial charge in [-0.2, -0.15) is 0 Å². The van der Waals surface area contributed by atoms with Crippen molar-refractivity contribution in [1.82, 2.24) is 0 Å². The molecule has 1 aromatic carbocycles. The molecule has 1 aromatic rings. The van der Waals surface area contributed by atoms with E-state index in [1.165, 1.54) is 31.4 Å². The Kier molecular flexibility index (Phi) is 9.16. The first-order chi connectivity index (χ1) is 8.15. The second-order valence-corrected chi connectivity index (χ2v) is 4.29. The van der Waals surface area contributed by atoms with Crippen LogP contribution in [0.2, 0.25) is 0 Å². The van der Waals surface area contributed by atoms with E-state index in [4.69, 9.17) is 5.11 Å². The zero-order valence-electron chi connectivity index (χ0n) is 11.2. The maximum atomic E-state index is 11.6. The van der Waals surface area contributed by atoms with Crippen molar-refractivity contribution in [3.8, 4) is 5.75 Å². The van der Waals surface area contributed by atoms with E-state index >= 15 is 0 Å². The number of aryl methyl sites for hydroxylation is 1. The largest absolute Gasteiger partial charge is 1.00 e. The zero-order valence-corrected chi connectivity index (χ0v) is 13.2. The van der Waals surface area contributed by atoms with Gasteiger partial charge in [0.05, 0.1) is 5.56 Å². The van der Waals surface area contributed by atoms with Crippen molar-refractivity contribution in [2.75, 3.05) is 0 Å². The Morgan fingerprint density at radius 2 is 1.89 bits per heavy atom. The van der Waals surface area contributed by atoms with E-state index < -0.39 is 5.97 Å². The van der Waals surface area contributed by atoms with E-state index in [1.54, 1.807) is 6.07 Å². The third-order valence-corrected chi connectivity index (χ3v) is 2.86. The van der Waals surface area contributed by atoms with Gasteiger partial charge in [-0.05, 0) is 18.9 Å². The van der Waals surface area contributed by atoms with E-state index in [-0.39, 0.29) is 40.9 Å². The minimum Gasteiger partial charge on any atom is -0.872 e. The molecule has 0 aromatic heterocycles. The molecule has 0 saturated carbocycles. The average molecular weight is 258 g/mol. The number of carboxylic acid groups (broad SMARTS) is 1. The van der Waals surface area contributed by atoms with Crippen LogP contribution in [0, 0.1) is 0 Å². The van der Waals surface area contributed by atoms with Crippen LogP contribution in [-0.2, 0) is 6.42 Å². The summed E-state index contributed by atoms with van der Waals surface area (Å²) < 4.78 is 0. The predicted molar refractivity (Wildman–Crippen MR) is 65.3 cm³/mol. The van der Waals surface area contributed by atoms with Crippen LogP contribution in [-0.4, -0.2) is 11.1 Å². The minimum atomic E-state index is -1.04. The van der Waals surface area contributed by atoms with Gasteiger partial charge in [-0.25, -0.2) is 4.79 Å². The molecule has 94 valence electrons. The molecule has 1 rings (SSSR count). The van der Waals surface area contributed by atoms with Crippen LogP contribution in [0.25, 0.3) is 0 Å². The number of hydrogen-bond acceptors (Lipinski definition) is 2. The van der Waals surface area contributed by atoms with Crippen LogP contribution in [0.5, 0.6) is 5.75 Å². The Bertz CT molecular complexity index is 377. The molecule has 0 aliphatic rings. The van der Waals surface area contributed by atoms with Crippen molar-refractivity contribution in [2.45, 2.75) is 45.4 Å². The molecule has 1 N–H and O–H groups in total. The van der Waals surface area contributed by atoms with Gasteiger partial charge in [-0.3, -0.25) is 0 Å². The fourth-order valence-corrected chi connectivity index (χ4v) is 1.81. The number of aromatic carboxylic acids is 1. The first-order valence-electron chi connectivity index (χ1n) is 6.18. The van der Waals surface area contributed by atoms with Crippen molar-refractivity contribution in [3.05, 3.63) is 29.3 Å². The normalized spacial score (nSPS) is 9.83. The van der Waals surface area contributed by atoms with E-state index in [9.17, 15) is 9.90 Å². The van der Waals surface area contributed by atoms with E-state index in [0.29, 0.717) is 0 Å². The molecular formula is C14H19NaO3. The molecule has 0 heterocycles. The van der Waals surface area contributed by atoms with Crippen LogP contribution in [0.15, 0.2) is 18.2 Å². The first-order valence-corrected chi connectivity index (χ1v) is 6.18. The molecule has 3 nitrogen and oxygen atoms in total. The molecule has 4 heteroatoms. The summed E-state index contributed by atoms with van der Waals surface area (Å²) in [6, 6.07) is 4.36. The number of carboxylic acids is 1. The van der Waals surface area contributed by atoms with Crippen LogP contribution in [0.4, 0.5) is 0 Å². The maximum Gasteiger partial charge on any atom is 1.00 e. The van der Waals surface area contributed by atoms with Gasteiger partial charge in [-0.1, -0.05) is 50.3 Å². The van der Waals surface area contributed by atoms with Crippen molar-refractivity contribution in [2.24, 2.45) is 0 Å². The molecule has 0 spiro atoms. The van der Waals surface area contributed by atoms with Gasteiger partial charge in [0.25, 0.3) is 0 Å². The fourth-order valence-electron chi connectivity index (χ4n) is 1.81. The molecule has 0 saturated heterocycles. The maximum absolute atomic E-state index is 11.6. The number of benzene rings is 1. The van der Waals surface area contributed by atoms with Gasteiger partial charge < -0.3 is 10.2 Å². The van der Waals surface area contributed by atoms with E-state index in [1.807, 2.05) is 0 Å². The number of hydrogen-bond donors (Lipinski definition) is 1. The molecule has 0 aliphatic carbocycles. The molecule has 0 aliphatic heterocycles. The van der Waals surface area contributed by atoms with Gasteiger partial charge >= 0.3 is 35.5 Å². The summed E-state index contributed by atoms with van der Waals surface area (Å²) in [6.45, 7) is 2.17. The van der Waals surface area contributed by atoms with Gasteiger partial charge in [0.15, 0.2) is 0 Å². The Morgan fingerprint density at radius 3 is 2.44 bits per heavy atom. The Hall–Kier alpha value is -0.510. The second kappa shape index (κ2) is 9.42. The van der Waals surface area contributed by atoms with Gasteiger partial charge in [0, 0.05) is 0 Å². The van der Waals surface area contributed by atoms with Crippen molar-refractivity contribution in [1.29, 1.82) is 0 Å². The molecular weight excluding hydrogens is 239 g/mol. The third kappa shape index (κ3) is 5.89. The van der Waals surface area contributed by atoms with E-state index in [2.05, 4.69) is 6.92 Å². The van der Waals surface area contributed by atoms with Crippen molar-refractivity contribution in [3.63, 3.8) is 0 Å². The summed E-state index contributed by atoms with van der Waals surface area (Å²) >= 11 is 0.